The summed E-state index contributed by atoms with van der Waals surface area (Å²) in [5.74, 6) is 0. The van der Waals surface area contributed by atoms with Crippen LogP contribution in [-0.2, 0) is 17.9 Å². The number of rotatable bonds is 7. The fraction of sp³-hybridized carbons (Fsp3) is 0.667. The molecule has 3 heterocycles. The average molecular weight is 324 g/mol. The molecule has 0 bridgehead atoms. The number of amides is 1. The third kappa shape index (κ3) is 3.24. The summed E-state index contributed by atoms with van der Waals surface area (Å²) in [5.41, 5.74) is 3.46. The Bertz CT molecular complexity index is 561. The molecule has 3 rings (SSSR count). The number of aryl methyl sites for hydroxylation is 1. The van der Waals surface area contributed by atoms with Crippen molar-refractivity contribution >= 4 is 18.0 Å². The van der Waals surface area contributed by atoms with E-state index in [1.807, 2.05) is 6.92 Å². The Kier molecular flexibility index (Phi) is 4.61. The molecular weight excluding hydrogens is 302 g/mol. The molecule has 0 radical (unpaired) electrons. The molecule has 1 aromatic heterocycles. The maximum absolute atomic E-state index is 10.4. The van der Waals surface area contributed by atoms with Crippen LogP contribution in [0.2, 0.25) is 5.28 Å². The van der Waals surface area contributed by atoms with E-state index in [4.69, 9.17) is 11.6 Å². The molecule has 0 aliphatic carbocycles. The lowest BCUT2D eigenvalue weighted by Crippen LogP contribution is -2.59. The van der Waals surface area contributed by atoms with Crippen molar-refractivity contribution in [3.05, 3.63) is 22.2 Å². The van der Waals surface area contributed by atoms with Crippen LogP contribution in [0.3, 0.4) is 0 Å². The Morgan fingerprint density at radius 3 is 2.91 bits per heavy atom. The van der Waals surface area contributed by atoms with Crippen LogP contribution in [-0.4, -0.2) is 46.5 Å². The molecule has 2 aliphatic heterocycles. The van der Waals surface area contributed by atoms with Crippen LogP contribution in [0.4, 0.5) is 0 Å². The van der Waals surface area contributed by atoms with Crippen LogP contribution < -0.4 is 10.6 Å². The highest BCUT2D eigenvalue weighted by Gasteiger charge is 2.36. The lowest BCUT2D eigenvalue weighted by Gasteiger charge is -2.44. The first-order valence-corrected chi connectivity index (χ1v) is 8.16. The van der Waals surface area contributed by atoms with Gasteiger partial charge in [-0.1, -0.05) is 0 Å². The van der Waals surface area contributed by atoms with Crippen molar-refractivity contribution in [2.75, 3.05) is 19.6 Å². The van der Waals surface area contributed by atoms with Crippen LogP contribution in [0.1, 0.15) is 36.2 Å². The van der Waals surface area contributed by atoms with Gasteiger partial charge < -0.3 is 10.6 Å². The summed E-state index contributed by atoms with van der Waals surface area (Å²) in [6, 6.07) is 0. The SMILES string of the molecule is Cc1nc(Cl)nc2c1CN(CCC1(CCNC=O)CCN1)C2. The molecule has 6 nitrogen and oxygen atoms in total. The van der Waals surface area contributed by atoms with Crippen molar-refractivity contribution in [2.24, 2.45) is 0 Å². The number of nitrogens with zero attached hydrogens (tertiary/aromatic N) is 3. The molecule has 22 heavy (non-hydrogen) atoms. The molecule has 2 aliphatic rings. The minimum Gasteiger partial charge on any atom is -0.359 e. The summed E-state index contributed by atoms with van der Waals surface area (Å²) >= 11 is 5.94. The van der Waals surface area contributed by atoms with Crippen LogP contribution in [0.5, 0.6) is 0 Å². The number of halogens is 1. The zero-order valence-electron chi connectivity index (χ0n) is 12.9. The van der Waals surface area contributed by atoms with E-state index in [-0.39, 0.29) is 5.54 Å². The van der Waals surface area contributed by atoms with Crippen LogP contribution >= 0.6 is 11.6 Å². The van der Waals surface area contributed by atoms with Gasteiger partial charge in [0.05, 0.1) is 5.69 Å². The molecule has 2 N–H and O–H groups in total. The Morgan fingerprint density at radius 1 is 1.41 bits per heavy atom. The Balaban J connectivity index is 1.54. The lowest BCUT2D eigenvalue weighted by molar-refractivity contribution is -0.109. The number of nitrogens with one attached hydrogen (secondary N) is 2. The highest BCUT2D eigenvalue weighted by Crippen LogP contribution is 2.30. The minimum absolute atomic E-state index is 0.184. The van der Waals surface area contributed by atoms with Gasteiger partial charge in [-0.05, 0) is 44.3 Å². The first-order chi connectivity index (χ1) is 10.6. The topological polar surface area (TPSA) is 70.2 Å². The molecule has 0 aromatic carbocycles. The zero-order valence-corrected chi connectivity index (χ0v) is 13.6. The fourth-order valence-electron chi connectivity index (χ4n) is 3.38. The minimum atomic E-state index is 0.184. The molecule has 120 valence electrons. The van der Waals surface area contributed by atoms with Gasteiger partial charge in [0.1, 0.15) is 0 Å². The average Bonchev–Trinajstić information content (AvgIpc) is 2.84. The van der Waals surface area contributed by atoms with Crippen LogP contribution in [0, 0.1) is 6.92 Å². The molecule has 1 saturated heterocycles. The third-order valence-corrected chi connectivity index (χ3v) is 5.04. The number of hydrogen-bond acceptors (Lipinski definition) is 5. The summed E-state index contributed by atoms with van der Waals surface area (Å²) in [5, 5.41) is 6.66. The van der Waals surface area contributed by atoms with Crippen molar-refractivity contribution in [2.45, 2.75) is 44.8 Å². The van der Waals surface area contributed by atoms with E-state index in [1.165, 1.54) is 12.0 Å². The van der Waals surface area contributed by atoms with E-state index in [9.17, 15) is 4.79 Å². The Morgan fingerprint density at radius 2 is 2.23 bits per heavy atom. The summed E-state index contributed by atoms with van der Waals surface area (Å²) < 4.78 is 0. The maximum Gasteiger partial charge on any atom is 0.222 e. The third-order valence-electron chi connectivity index (χ3n) is 4.87. The number of carbonyl (C=O) groups excluding carboxylic acids is 1. The van der Waals surface area contributed by atoms with Crippen molar-refractivity contribution in [1.82, 2.24) is 25.5 Å². The molecule has 1 fully saturated rings. The normalized spacial score (nSPS) is 23.9. The molecule has 0 saturated carbocycles. The quantitative estimate of drug-likeness (QED) is 0.445. The number of hydrogen-bond donors (Lipinski definition) is 2. The standard InChI is InChI=1S/C15H22ClN5O/c1-11-12-8-21(9-13(12)20-14(16)19-11)7-4-15(3-6-18-15)2-5-17-10-22/h10,18H,2-9H2,1H3,(H,17,22). The number of carbonyl (C=O) groups is 1. The smallest absolute Gasteiger partial charge is 0.222 e. The van der Waals surface area contributed by atoms with Gasteiger partial charge in [0, 0.05) is 43.0 Å². The van der Waals surface area contributed by atoms with Gasteiger partial charge in [0.2, 0.25) is 11.7 Å². The largest absolute Gasteiger partial charge is 0.359 e. The van der Waals surface area contributed by atoms with Crippen molar-refractivity contribution in [3.8, 4) is 0 Å². The second-order valence-corrected chi connectivity index (χ2v) is 6.58. The molecule has 7 heteroatoms. The predicted molar refractivity (Wildman–Crippen MR) is 84.5 cm³/mol. The van der Waals surface area contributed by atoms with Crippen LogP contribution in [0.25, 0.3) is 0 Å². The summed E-state index contributed by atoms with van der Waals surface area (Å²) in [7, 11) is 0. The first-order valence-electron chi connectivity index (χ1n) is 7.78. The number of fused-ring (bicyclic) bond motifs is 1. The summed E-state index contributed by atoms with van der Waals surface area (Å²) in [6.45, 7) is 6.57. The highest BCUT2D eigenvalue weighted by atomic mass is 35.5. The Labute approximate surface area is 135 Å². The molecule has 0 spiro atoms. The predicted octanol–water partition coefficient (Wildman–Crippen LogP) is 1.01. The second kappa shape index (κ2) is 6.48. The molecule has 1 unspecified atom stereocenters. The van der Waals surface area contributed by atoms with E-state index in [0.717, 1.165) is 63.4 Å². The van der Waals surface area contributed by atoms with Gasteiger partial charge in [0.15, 0.2) is 0 Å². The molecule has 1 atom stereocenters. The molecular formula is C15H22ClN5O. The van der Waals surface area contributed by atoms with E-state index < -0.39 is 0 Å². The van der Waals surface area contributed by atoms with Crippen molar-refractivity contribution in [3.63, 3.8) is 0 Å². The summed E-state index contributed by atoms with van der Waals surface area (Å²) in [6.07, 6.45) is 4.02. The number of aromatic nitrogens is 2. The van der Waals surface area contributed by atoms with Gasteiger partial charge in [-0.25, -0.2) is 9.97 Å². The first kappa shape index (κ1) is 15.6. The van der Waals surface area contributed by atoms with E-state index in [2.05, 4.69) is 25.5 Å². The zero-order chi connectivity index (χ0) is 15.6. The van der Waals surface area contributed by atoms with Gasteiger partial charge in [-0.2, -0.15) is 0 Å². The lowest BCUT2D eigenvalue weighted by atomic mass is 9.81. The monoisotopic (exact) mass is 323 g/mol. The summed E-state index contributed by atoms with van der Waals surface area (Å²) in [4.78, 5) is 21.4. The second-order valence-electron chi connectivity index (χ2n) is 6.24. The van der Waals surface area contributed by atoms with Crippen LogP contribution in [0.15, 0.2) is 0 Å². The van der Waals surface area contributed by atoms with Gasteiger partial charge in [-0.15, -0.1) is 0 Å². The van der Waals surface area contributed by atoms with Gasteiger partial charge in [0.25, 0.3) is 0 Å². The molecule has 1 aromatic rings. The van der Waals surface area contributed by atoms with Crippen molar-refractivity contribution in [1.29, 1.82) is 0 Å². The fourth-order valence-corrected chi connectivity index (χ4v) is 3.61. The highest BCUT2D eigenvalue weighted by molar-refractivity contribution is 6.28. The van der Waals surface area contributed by atoms with E-state index >= 15 is 0 Å². The van der Waals surface area contributed by atoms with Gasteiger partial charge >= 0.3 is 0 Å². The Hall–Kier alpha value is -1.24. The van der Waals surface area contributed by atoms with E-state index in [1.54, 1.807) is 0 Å². The molecule has 1 amide bonds. The van der Waals surface area contributed by atoms with E-state index in [0.29, 0.717) is 5.28 Å². The van der Waals surface area contributed by atoms with Gasteiger partial charge in [-0.3, -0.25) is 9.69 Å². The van der Waals surface area contributed by atoms with Crippen molar-refractivity contribution < 1.29 is 4.79 Å². The maximum atomic E-state index is 10.4.